The maximum absolute atomic E-state index is 13.6. The second kappa shape index (κ2) is 13.1. The summed E-state index contributed by atoms with van der Waals surface area (Å²) in [6.45, 7) is 1.09. The highest BCUT2D eigenvalue weighted by molar-refractivity contribution is 8.26. The van der Waals surface area contributed by atoms with E-state index in [9.17, 15) is 18.4 Å². The summed E-state index contributed by atoms with van der Waals surface area (Å²) in [7, 11) is 4.83. The Morgan fingerprint density at radius 2 is 1.83 bits per heavy atom. The molecule has 216 valence electrons. The molecular weight excluding hydrogens is 552 g/mol. The third kappa shape index (κ3) is 7.58. The predicted molar refractivity (Wildman–Crippen MR) is 154 cm³/mol. The van der Waals surface area contributed by atoms with Crippen LogP contribution in [-0.2, 0) is 4.79 Å². The van der Waals surface area contributed by atoms with Crippen LogP contribution in [0.1, 0.15) is 48.2 Å². The highest BCUT2D eigenvalue weighted by Crippen LogP contribution is 2.36. The highest BCUT2D eigenvalue weighted by Gasteiger charge is 2.28. The van der Waals surface area contributed by atoms with Crippen LogP contribution in [0, 0.1) is 34.5 Å². The van der Waals surface area contributed by atoms with Crippen molar-refractivity contribution in [3.05, 3.63) is 35.8 Å². The van der Waals surface area contributed by atoms with Crippen molar-refractivity contribution in [2.45, 2.75) is 32.1 Å². The molecule has 1 saturated carbocycles. The number of anilines is 1. The number of amides is 2. The van der Waals surface area contributed by atoms with Gasteiger partial charge in [-0.25, -0.2) is 13.8 Å². The summed E-state index contributed by atoms with van der Waals surface area (Å²) in [5.41, 5.74) is 0.0182. The van der Waals surface area contributed by atoms with Gasteiger partial charge in [0.15, 0.2) is 5.17 Å². The maximum atomic E-state index is 13.6. The number of rotatable bonds is 6. The zero-order valence-corrected chi connectivity index (χ0v) is 23.8. The molecule has 2 amide bonds. The number of halogens is 2. The molecule has 1 aliphatic heterocycles. The average Bonchev–Trinajstić information content (AvgIpc) is 3.79. The number of methoxy groups -OCH3 is 1. The minimum atomic E-state index is -2.85. The maximum Gasteiger partial charge on any atom is 0.280 e. The number of hydrogen-bond acceptors (Lipinski definition) is 9. The number of carbonyl (C=O) groups is 2. The molecule has 0 atom stereocenters. The van der Waals surface area contributed by atoms with Crippen LogP contribution in [0.5, 0.6) is 5.75 Å². The van der Waals surface area contributed by atoms with Gasteiger partial charge in [0.1, 0.15) is 22.3 Å². The van der Waals surface area contributed by atoms with E-state index in [1.807, 2.05) is 4.90 Å². The van der Waals surface area contributed by atoms with E-state index >= 15 is 0 Å². The number of hydrogen-bond donors (Lipinski definition) is 3. The monoisotopic (exact) mass is 583 g/mol. The summed E-state index contributed by atoms with van der Waals surface area (Å²) in [5, 5.41) is 18.2. The lowest BCUT2D eigenvalue weighted by atomic mass is 9.95. The van der Waals surface area contributed by atoms with Crippen LogP contribution in [0.4, 0.5) is 14.6 Å². The van der Waals surface area contributed by atoms with Crippen LogP contribution in [0.2, 0.25) is 0 Å². The molecule has 2 fully saturated rings. The third-order valence-corrected chi connectivity index (χ3v) is 7.38. The molecule has 13 heteroatoms. The Kier molecular flexibility index (Phi) is 9.54. The zero-order valence-electron chi connectivity index (χ0n) is 23.0. The van der Waals surface area contributed by atoms with Crippen LogP contribution in [0.15, 0.2) is 24.5 Å². The van der Waals surface area contributed by atoms with Crippen molar-refractivity contribution in [3.8, 4) is 28.7 Å². The molecule has 2 aromatic rings. The molecule has 0 bridgehead atoms. The number of aromatic nitrogens is 2. The summed E-state index contributed by atoms with van der Waals surface area (Å²) < 4.78 is 32.6. The van der Waals surface area contributed by atoms with Crippen LogP contribution in [-0.4, -0.2) is 71.2 Å². The Hall–Kier alpha value is -4.05. The van der Waals surface area contributed by atoms with E-state index in [0.29, 0.717) is 49.4 Å². The van der Waals surface area contributed by atoms with Crippen LogP contribution < -0.4 is 15.0 Å². The van der Waals surface area contributed by atoms with Crippen LogP contribution >= 0.6 is 11.8 Å². The predicted octanol–water partition coefficient (Wildman–Crippen LogP) is 4.18. The van der Waals surface area contributed by atoms with Crippen LogP contribution in [0.3, 0.4) is 0 Å². The van der Waals surface area contributed by atoms with Gasteiger partial charge in [-0.1, -0.05) is 5.92 Å². The molecule has 1 saturated heterocycles. The number of piperidine rings is 1. The first-order valence-corrected chi connectivity index (χ1v) is 13.9. The number of ether oxygens (including phenoxy) is 1. The Labute approximate surface area is 241 Å². The van der Waals surface area contributed by atoms with E-state index in [1.54, 1.807) is 25.1 Å². The van der Waals surface area contributed by atoms with Gasteiger partial charge in [-0.15, -0.1) is 0 Å². The minimum absolute atomic E-state index is 0.0251. The van der Waals surface area contributed by atoms with Crippen molar-refractivity contribution >= 4 is 39.6 Å². The molecular formula is C28H31F2N7O3S. The van der Waals surface area contributed by atoms with Crippen molar-refractivity contribution in [2.24, 2.45) is 11.8 Å². The number of nitrogens with zero attached hydrogens (tertiary/aromatic N) is 4. The molecule has 10 nitrogen and oxygen atoms in total. The molecule has 0 aromatic carbocycles. The van der Waals surface area contributed by atoms with Gasteiger partial charge < -0.3 is 19.9 Å². The van der Waals surface area contributed by atoms with Crippen molar-refractivity contribution in [3.63, 3.8) is 0 Å². The fraction of sp³-hybridized carbons (Fsp3) is 0.429. The van der Waals surface area contributed by atoms with E-state index in [0.717, 1.165) is 12.8 Å². The van der Waals surface area contributed by atoms with Crippen molar-refractivity contribution in [1.82, 2.24) is 20.2 Å². The molecule has 0 radical (unpaired) electrons. The van der Waals surface area contributed by atoms with Crippen molar-refractivity contribution in [1.29, 1.82) is 10.8 Å². The van der Waals surface area contributed by atoms with Gasteiger partial charge in [0, 0.05) is 56.3 Å². The molecule has 3 N–H and O–H groups in total. The van der Waals surface area contributed by atoms with E-state index in [-0.39, 0.29) is 44.5 Å². The first-order valence-electron chi connectivity index (χ1n) is 13.0. The fourth-order valence-electron chi connectivity index (χ4n) is 4.41. The molecule has 3 heterocycles. The topological polar surface area (TPSA) is 135 Å². The molecule has 2 aromatic heterocycles. The van der Waals surface area contributed by atoms with Gasteiger partial charge in [-0.05, 0) is 55.5 Å². The zero-order chi connectivity index (χ0) is 29.7. The second-order valence-electron chi connectivity index (χ2n) is 9.95. The van der Waals surface area contributed by atoms with E-state index in [2.05, 4.69) is 27.1 Å². The Bertz CT molecular complexity index is 1410. The quantitative estimate of drug-likeness (QED) is 0.264. The molecule has 41 heavy (non-hydrogen) atoms. The molecule has 1 aliphatic carbocycles. The Morgan fingerprint density at radius 1 is 1.12 bits per heavy atom. The number of pyridine rings is 2. The lowest BCUT2D eigenvalue weighted by molar-refractivity contribution is -0.133. The lowest BCUT2D eigenvalue weighted by Crippen LogP contribution is -2.40. The standard InChI is InChI=1S/C28H31F2N7O3S/c1-36(2)27(39)17-8-10-37(11-9-17)24-13-18(19-12-21(25(29)30)33-15-22(19)40-3)20(14-34-24)26(38)35-28(32)41-23(31)7-6-16-4-5-16/h12-17,25,31H,4-5,8-11H2,1-3H3,(H2,32,35,38). The average molecular weight is 584 g/mol. The molecule has 0 spiro atoms. The molecule has 4 rings (SSSR count). The summed E-state index contributed by atoms with van der Waals surface area (Å²) in [6.07, 6.45) is 2.90. The number of thioether (sulfide) groups is 1. The normalized spacial score (nSPS) is 15.1. The van der Waals surface area contributed by atoms with Gasteiger partial charge in [-0.2, -0.15) is 0 Å². The van der Waals surface area contributed by atoms with E-state index in [4.69, 9.17) is 15.6 Å². The summed E-state index contributed by atoms with van der Waals surface area (Å²) >= 11 is 0.706. The Morgan fingerprint density at radius 3 is 2.44 bits per heavy atom. The largest absolute Gasteiger partial charge is 0.494 e. The van der Waals surface area contributed by atoms with Crippen molar-refractivity contribution < 1.29 is 23.1 Å². The van der Waals surface area contributed by atoms with Gasteiger partial charge in [0.05, 0.1) is 18.9 Å². The highest BCUT2D eigenvalue weighted by atomic mass is 32.2. The number of nitrogens with one attached hydrogen (secondary N) is 3. The minimum Gasteiger partial charge on any atom is -0.494 e. The van der Waals surface area contributed by atoms with E-state index < -0.39 is 18.0 Å². The first kappa shape index (κ1) is 29.9. The Balaban J connectivity index is 1.63. The summed E-state index contributed by atoms with van der Waals surface area (Å²) in [4.78, 5) is 37.5. The van der Waals surface area contributed by atoms with Gasteiger partial charge in [-0.3, -0.25) is 25.4 Å². The number of amidine groups is 1. The summed E-state index contributed by atoms with van der Waals surface area (Å²) in [6, 6.07) is 2.79. The second-order valence-corrected chi connectivity index (χ2v) is 11.0. The number of carbonyl (C=O) groups excluding carboxylic acids is 2. The van der Waals surface area contributed by atoms with E-state index in [1.165, 1.54) is 25.6 Å². The molecule has 2 aliphatic rings. The van der Waals surface area contributed by atoms with Crippen LogP contribution in [0.25, 0.3) is 11.1 Å². The molecule has 0 unspecified atom stereocenters. The van der Waals surface area contributed by atoms with Gasteiger partial charge >= 0.3 is 0 Å². The first-order chi connectivity index (χ1) is 19.6. The fourth-order valence-corrected chi connectivity index (χ4v) is 4.87. The SMILES string of the molecule is COc1cnc(C(F)F)cc1-c1cc(N2CCC(C(=O)N(C)C)CC2)ncc1C(=O)NC(=N)SC(=N)C#CC1CC1. The number of alkyl halides is 2. The van der Waals surface area contributed by atoms with Gasteiger partial charge in [0.25, 0.3) is 12.3 Å². The smallest absolute Gasteiger partial charge is 0.280 e. The summed E-state index contributed by atoms with van der Waals surface area (Å²) in [5.74, 6) is 5.86. The van der Waals surface area contributed by atoms with Crippen molar-refractivity contribution in [2.75, 3.05) is 39.2 Å². The third-order valence-electron chi connectivity index (χ3n) is 6.76. The lowest BCUT2D eigenvalue weighted by Gasteiger charge is -2.33. The van der Waals surface area contributed by atoms with Gasteiger partial charge in [0.2, 0.25) is 5.91 Å².